The van der Waals surface area contributed by atoms with Crippen molar-refractivity contribution in [3.8, 4) is 0 Å². The number of carbonyl (C=O) groups excluding carboxylic acids is 1. The summed E-state index contributed by atoms with van der Waals surface area (Å²) >= 11 is 6.01. The molecule has 0 saturated carbocycles. The largest absolute Gasteiger partial charge is 0.322 e. The molecule has 0 aromatic heterocycles. The molecule has 0 atom stereocenters. The summed E-state index contributed by atoms with van der Waals surface area (Å²) in [5, 5.41) is 8.33. The van der Waals surface area contributed by atoms with Crippen LogP contribution in [0.4, 0.5) is 10.5 Å². The summed E-state index contributed by atoms with van der Waals surface area (Å²) in [5.74, 6) is 0. The van der Waals surface area contributed by atoms with Crippen LogP contribution in [-0.4, -0.2) is 10.9 Å². The minimum atomic E-state index is -0.154. The highest BCUT2D eigenvalue weighted by atomic mass is 35.5. The number of hydrogen-bond acceptors (Lipinski definition) is 1. The lowest BCUT2D eigenvalue weighted by atomic mass is 9.96. The van der Waals surface area contributed by atoms with Crippen LogP contribution in [-0.2, 0) is 13.1 Å². The fourth-order valence-corrected chi connectivity index (χ4v) is 4.33. The number of fused-ring (bicyclic) bond motifs is 2. The van der Waals surface area contributed by atoms with Crippen molar-refractivity contribution in [1.82, 2.24) is 4.90 Å². The van der Waals surface area contributed by atoms with Crippen LogP contribution in [0.25, 0.3) is 21.5 Å². The Kier molecular flexibility index (Phi) is 5.97. The third-order valence-corrected chi connectivity index (χ3v) is 6.08. The number of anilines is 1. The first-order valence-electron chi connectivity index (χ1n) is 10.9. The number of hydrogen-bond donors (Lipinski definition) is 1. The van der Waals surface area contributed by atoms with E-state index >= 15 is 0 Å². The van der Waals surface area contributed by atoms with E-state index in [0.29, 0.717) is 23.8 Å². The predicted molar refractivity (Wildman–Crippen MR) is 138 cm³/mol. The second kappa shape index (κ2) is 9.35. The number of carbonyl (C=O) groups is 1. The molecule has 4 heteroatoms. The highest BCUT2D eigenvalue weighted by molar-refractivity contribution is 6.30. The second-order valence-electron chi connectivity index (χ2n) is 8.08. The molecule has 3 nitrogen and oxygen atoms in total. The molecule has 0 spiro atoms. The molecule has 2 amide bonds. The summed E-state index contributed by atoms with van der Waals surface area (Å²) in [5.41, 5.74) is 2.93. The quantitative estimate of drug-likeness (QED) is 0.271. The maximum Gasteiger partial charge on any atom is 0.322 e. The monoisotopic (exact) mass is 450 g/mol. The average molecular weight is 451 g/mol. The Bertz CT molecular complexity index is 1360. The molecule has 5 aromatic carbocycles. The number of halogens is 1. The first-order chi connectivity index (χ1) is 16.2. The van der Waals surface area contributed by atoms with Gasteiger partial charge in [-0.25, -0.2) is 4.79 Å². The van der Waals surface area contributed by atoms with Crippen molar-refractivity contribution in [2.45, 2.75) is 13.1 Å². The van der Waals surface area contributed by atoms with Gasteiger partial charge in [0.2, 0.25) is 0 Å². The summed E-state index contributed by atoms with van der Waals surface area (Å²) in [6, 6.07) is 36.0. The van der Waals surface area contributed by atoms with Gasteiger partial charge in [-0.2, -0.15) is 0 Å². The lowest BCUT2D eigenvalue weighted by molar-refractivity contribution is 0.207. The molecule has 0 unspecified atom stereocenters. The minimum absolute atomic E-state index is 0.154. The molecule has 0 aliphatic heterocycles. The van der Waals surface area contributed by atoms with E-state index in [1.54, 1.807) is 12.1 Å². The lowest BCUT2D eigenvalue weighted by Crippen LogP contribution is -2.34. The molecule has 5 rings (SSSR count). The van der Waals surface area contributed by atoms with Crippen LogP contribution in [0, 0.1) is 0 Å². The van der Waals surface area contributed by atoms with E-state index in [9.17, 15) is 4.79 Å². The van der Waals surface area contributed by atoms with E-state index in [4.69, 9.17) is 11.6 Å². The average Bonchev–Trinajstić information content (AvgIpc) is 2.85. The molecule has 0 saturated heterocycles. The predicted octanol–water partition coefficient (Wildman–Crippen LogP) is 7.88. The number of benzene rings is 5. The van der Waals surface area contributed by atoms with Crippen molar-refractivity contribution >= 4 is 44.9 Å². The zero-order valence-corrected chi connectivity index (χ0v) is 18.8. The fraction of sp³-hybridized carbons (Fsp3) is 0.0690. The van der Waals surface area contributed by atoms with Gasteiger partial charge in [-0.15, -0.1) is 0 Å². The number of nitrogens with one attached hydrogen (secondary N) is 1. The molecule has 0 radical (unpaired) electrons. The summed E-state index contributed by atoms with van der Waals surface area (Å²) in [6.45, 7) is 0.980. The molecule has 5 aromatic rings. The van der Waals surface area contributed by atoms with Gasteiger partial charge in [-0.1, -0.05) is 90.5 Å². The highest BCUT2D eigenvalue weighted by Crippen LogP contribution is 2.30. The summed E-state index contributed by atoms with van der Waals surface area (Å²) < 4.78 is 0. The fourth-order valence-electron chi connectivity index (χ4n) is 4.21. The van der Waals surface area contributed by atoms with E-state index in [1.807, 2.05) is 47.4 Å². The third kappa shape index (κ3) is 4.69. The van der Waals surface area contributed by atoms with E-state index in [2.05, 4.69) is 59.9 Å². The Morgan fingerprint density at radius 3 is 1.91 bits per heavy atom. The molecule has 1 N–H and O–H groups in total. The Hall–Kier alpha value is -3.82. The van der Waals surface area contributed by atoms with E-state index in [0.717, 1.165) is 21.9 Å². The van der Waals surface area contributed by atoms with Crippen molar-refractivity contribution in [2.24, 2.45) is 0 Å². The van der Waals surface area contributed by atoms with Crippen LogP contribution in [0.15, 0.2) is 109 Å². The SMILES string of the molecule is O=C(Nc1ccc(Cl)cc1)N(Cc1ccccc1)Cc1c2ccccc2cc2ccccc12. The maximum absolute atomic E-state index is 13.5. The van der Waals surface area contributed by atoms with Gasteiger partial charge >= 0.3 is 6.03 Å². The summed E-state index contributed by atoms with van der Waals surface area (Å²) in [4.78, 5) is 15.3. The number of nitrogens with zero attached hydrogens (tertiary/aromatic N) is 1. The molecule has 33 heavy (non-hydrogen) atoms. The van der Waals surface area contributed by atoms with Gasteiger partial charge in [0.15, 0.2) is 0 Å². The third-order valence-electron chi connectivity index (χ3n) is 5.83. The van der Waals surface area contributed by atoms with Gasteiger partial charge in [0.05, 0.1) is 0 Å². The lowest BCUT2D eigenvalue weighted by Gasteiger charge is -2.25. The highest BCUT2D eigenvalue weighted by Gasteiger charge is 2.18. The number of amides is 2. The maximum atomic E-state index is 13.5. The molecule has 0 bridgehead atoms. The topological polar surface area (TPSA) is 32.3 Å². The zero-order valence-electron chi connectivity index (χ0n) is 18.0. The van der Waals surface area contributed by atoms with Crippen LogP contribution < -0.4 is 5.32 Å². The zero-order chi connectivity index (χ0) is 22.6. The smallest absolute Gasteiger partial charge is 0.316 e. The number of rotatable bonds is 5. The minimum Gasteiger partial charge on any atom is -0.316 e. The molecular formula is C29H23ClN2O. The summed E-state index contributed by atoms with van der Waals surface area (Å²) in [6.07, 6.45) is 0. The van der Waals surface area contributed by atoms with Gasteiger partial charge in [0.1, 0.15) is 0 Å². The Morgan fingerprint density at radius 2 is 1.27 bits per heavy atom. The van der Waals surface area contributed by atoms with Gasteiger partial charge < -0.3 is 10.2 Å². The van der Waals surface area contributed by atoms with Crippen molar-refractivity contribution in [3.05, 3.63) is 125 Å². The van der Waals surface area contributed by atoms with Gasteiger partial charge in [-0.05, 0) is 63.0 Å². The van der Waals surface area contributed by atoms with E-state index < -0.39 is 0 Å². The van der Waals surface area contributed by atoms with Crippen LogP contribution in [0.1, 0.15) is 11.1 Å². The molecule has 0 aliphatic carbocycles. The van der Waals surface area contributed by atoms with Crippen molar-refractivity contribution in [3.63, 3.8) is 0 Å². The van der Waals surface area contributed by atoms with Crippen LogP contribution in [0.3, 0.4) is 0 Å². The Morgan fingerprint density at radius 1 is 0.697 bits per heavy atom. The van der Waals surface area contributed by atoms with Crippen LogP contribution in [0.2, 0.25) is 5.02 Å². The molecular weight excluding hydrogens is 428 g/mol. The number of urea groups is 1. The normalized spacial score (nSPS) is 10.9. The molecule has 0 heterocycles. The van der Waals surface area contributed by atoms with Crippen molar-refractivity contribution in [1.29, 1.82) is 0 Å². The Labute approximate surface area is 198 Å². The van der Waals surface area contributed by atoms with Crippen molar-refractivity contribution in [2.75, 3.05) is 5.32 Å². The second-order valence-corrected chi connectivity index (χ2v) is 8.51. The van der Waals surface area contributed by atoms with Gasteiger partial charge in [-0.3, -0.25) is 0 Å². The van der Waals surface area contributed by atoms with Crippen LogP contribution >= 0.6 is 11.6 Å². The van der Waals surface area contributed by atoms with Crippen molar-refractivity contribution < 1.29 is 4.79 Å². The molecule has 0 fully saturated rings. The Balaban J connectivity index is 1.56. The first-order valence-corrected chi connectivity index (χ1v) is 11.3. The van der Waals surface area contributed by atoms with E-state index in [1.165, 1.54) is 10.8 Å². The molecule has 0 aliphatic rings. The van der Waals surface area contributed by atoms with Gasteiger partial charge in [0, 0.05) is 23.8 Å². The standard InChI is InChI=1S/C29H23ClN2O/c30-24-14-16-25(17-15-24)31-29(33)32(19-21-8-2-1-3-9-21)20-28-26-12-6-4-10-22(26)18-23-11-5-7-13-27(23)28/h1-18H,19-20H2,(H,31,33). The van der Waals surface area contributed by atoms with Crippen LogP contribution in [0.5, 0.6) is 0 Å². The molecule has 162 valence electrons. The first kappa shape index (κ1) is 21.0. The van der Waals surface area contributed by atoms with Gasteiger partial charge in [0.25, 0.3) is 0 Å². The van der Waals surface area contributed by atoms with E-state index in [-0.39, 0.29) is 6.03 Å². The summed E-state index contributed by atoms with van der Waals surface area (Å²) in [7, 11) is 0.